The highest BCUT2D eigenvalue weighted by Crippen LogP contribution is 2.36. The normalized spacial score (nSPS) is 11.3. The minimum atomic E-state index is -0.377. The van der Waals surface area contributed by atoms with Crippen LogP contribution in [0.4, 0.5) is 11.5 Å². The molecule has 0 bridgehead atoms. The molecule has 166 valence electrons. The predicted octanol–water partition coefficient (Wildman–Crippen LogP) is 3.26. The van der Waals surface area contributed by atoms with Gasteiger partial charge in [0.15, 0.2) is 5.82 Å². The van der Waals surface area contributed by atoms with Gasteiger partial charge in [-0.1, -0.05) is 17.7 Å². The molecule has 1 amide bonds. The summed E-state index contributed by atoms with van der Waals surface area (Å²) in [6, 6.07) is 10.7. The first kappa shape index (κ1) is 21.7. The van der Waals surface area contributed by atoms with Crippen molar-refractivity contribution in [2.45, 2.75) is 6.54 Å². The number of benzene rings is 1. The van der Waals surface area contributed by atoms with Crippen LogP contribution in [-0.2, 0) is 6.54 Å². The Balaban J connectivity index is 1.76. The monoisotopic (exact) mass is 453 g/mol. The number of anilines is 2. The molecule has 0 aliphatic rings. The van der Waals surface area contributed by atoms with Crippen molar-refractivity contribution >= 4 is 34.5 Å². The van der Waals surface area contributed by atoms with Crippen LogP contribution in [0.2, 0.25) is 5.02 Å². The van der Waals surface area contributed by atoms with Gasteiger partial charge in [-0.05, 0) is 44.4 Å². The van der Waals surface area contributed by atoms with Gasteiger partial charge in [0.25, 0.3) is 5.91 Å². The maximum atomic E-state index is 13.2. The molecule has 0 atom stereocenters. The quantitative estimate of drug-likeness (QED) is 0.445. The van der Waals surface area contributed by atoms with Gasteiger partial charge in [0.05, 0.1) is 24.9 Å². The lowest BCUT2D eigenvalue weighted by Crippen LogP contribution is -2.18. The van der Waals surface area contributed by atoms with Gasteiger partial charge >= 0.3 is 0 Å². The zero-order chi connectivity index (χ0) is 22.8. The zero-order valence-electron chi connectivity index (χ0n) is 18.0. The van der Waals surface area contributed by atoms with Crippen molar-refractivity contribution < 1.29 is 9.53 Å². The van der Waals surface area contributed by atoms with Crippen molar-refractivity contribution in [1.82, 2.24) is 24.3 Å². The highest BCUT2D eigenvalue weighted by atomic mass is 35.5. The Hall–Kier alpha value is -3.56. The largest absolute Gasteiger partial charge is 0.496 e. The van der Waals surface area contributed by atoms with Crippen LogP contribution in [0.15, 0.2) is 48.8 Å². The molecule has 4 rings (SSSR count). The van der Waals surface area contributed by atoms with Gasteiger partial charge in [-0.25, -0.2) is 4.52 Å². The number of carbonyl (C=O) groups is 1. The van der Waals surface area contributed by atoms with Crippen LogP contribution < -0.4 is 15.8 Å². The minimum Gasteiger partial charge on any atom is -0.496 e. The number of fused-ring (bicyclic) bond motifs is 1. The van der Waals surface area contributed by atoms with Gasteiger partial charge in [0, 0.05) is 29.5 Å². The number of pyridine rings is 1. The van der Waals surface area contributed by atoms with Crippen molar-refractivity contribution in [3.05, 3.63) is 59.4 Å². The lowest BCUT2D eigenvalue weighted by Gasteiger charge is -2.10. The first-order valence-electron chi connectivity index (χ1n) is 9.97. The molecule has 3 aromatic heterocycles. The van der Waals surface area contributed by atoms with Gasteiger partial charge in [-0.2, -0.15) is 5.10 Å². The lowest BCUT2D eigenvalue weighted by atomic mass is 10.1. The van der Waals surface area contributed by atoms with Crippen molar-refractivity contribution in [1.29, 1.82) is 0 Å². The molecule has 0 saturated heterocycles. The molecule has 32 heavy (non-hydrogen) atoms. The fraction of sp³-hybridized carbons (Fsp3) is 0.227. The highest BCUT2D eigenvalue weighted by molar-refractivity contribution is 6.31. The van der Waals surface area contributed by atoms with E-state index in [4.69, 9.17) is 27.2 Å². The molecule has 3 heterocycles. The predicted molar refractivity (Wildman–Crippen MR) is 125 cm³/mol. The van der Waals surface area contributed by atoms with E-state index in [1.54, 1.807) is 53.0 Å². The van der Waals surface area contributed by atoms with Crippen LogP contribution in [0.25, 0.3) is 16.8 Å². The smallest absolute Gasteiger partial charge is 0.261 e. The van der Waals surface area contributed by atoms with Crippen molar-refractivity contribution in [3.8, 4) is 17.0 Å². The Morgan fingerprint density at radius 2 is 2.06 bits per heavy atom. The molecule has 0 aliphatic carbocycles. The fourth-order valence-corrected chi connectivity index (χ4v) is 3.60. The Labute approximate surface area is 190 Å². The van der Waals surface area contributed by atoms with E-state index in [9.17, 15) is 4.79 Å². The van der Waals surface area contributed by atoms with Crippen molar-refractivity contribution in [3.63, 3.8) is 0 Å². The molecular weight excluding hydrogens is 430 g/mol. The molecule has 0 aliphatic heterocycles. The molecule has 0 saturated carbocycles. The first-order chi connectivity index (χ1) is 15.4. The Morgan fingerprint density at radius 1 is 1.25 bits per heavy atom. The number of nitrogen functional groups attached to an aromatic ring is 1. The van der Waals surface area contributed by atoms with E-state index in [1.807, 2.05) is 26.2 Å². The SMILES string of the molecule is COc1ccc(Cl)cc1-c1nn(CCN(C)C)cc1NC(=O)c1c(N)nn2ccccc12. The van der Waals surface area contributed by atoms with E-state index in [0.717, 1.165) is 6.54 Å². The van der Waals surface area contributed by atoms with Gasteiger partial charge in [0.2, 0.25) is 0 Å². The number of rotatable bonds is 7. The number of ether oxygens (including phenoxy) is 1. The number of aromatic nitrogens is 4. The molecule has 3 N–H and O–H groups in total. The van der Waals surface area contributed by atoms with Gasteiger partial charge in [-0.15, -0.1) is 5.10 Å². The number of hydrogen-bond acceptors (Lipinski definition) is 6. The summed E-state index contributed by atoms with van der Waals surface area (Å²) in [4.78, 5) is 15.3. The molecule has 0 spiro atoms. The van der Waals surface area contributed by atoms with E-state index in [0.29, 0.717) is 45.3 Å². The standard InChI is InChI=1S/C22H24ClN7O2/c1-28(2)10-11-29-13-16(20(26-29)15-12-14(23)7-8-18(15)32-3)25-22(31)19-17-6-4-5-9-30(17)27-21(19)24/h4-9,12-13H,10-11H2,1-3H3,(H2,24,27)(H,25,31). The molecule has 1 aromatic carbocycles. The third-order valence-electron chi connectivity index (χ3n) is 5.00. The Kier molecular flexibility index (Phi) is 6.02. The number of nitrogens with zero attached hydrogens (tertiary/aromatic N) is 5. The maximum Gasteiger partial charge on any atom is 0.261 e. The number of halogens is 1. The Bertz CT molecular complexity index is 1280. The summed E-state index contributed by atoms with van der Waals surface area (Å²) in [6.07, 6.45) is 3.53. The van der Waals surface area contributed by atoms with Gasteiger partial charge in [-0.3, -0.25) is 9.48 Å². The summed E-state index contributed by atoms with van der Waals surface area (Å²) < 4.78 is 8.87. The number of nitrogens with two attached hydrogens (primary N) is 1. The third-order valence-corrected chi connectivity index (χ3v) is 5.23. The highest BCUT2D eigenvalue weighted by Gasteiger charge is 2.22. The van der Waals surface area contributed by atoms with Crippen LogP contribution in [0.1, 0.15) is 10.4 Å². The fourth-order valence-electron chi connectivity index (χ4n) is 3.43. The van der Waals surface area contributed by atoms with Crippen LogP contribution in [0, 0.1) is 0 Å². The van der Waals surface area contributed by atoms with Gasteiger partial charge < -0.3 is 20.7 Å². The van der Waals surface area contributed by atoms with Gasteiger partial charge in [0.1, 0.15) is 17.0 Å². The summed E-state index contributed by atoms with van der Waals surface area (Å²) in [7, 11) is 5.55. The second-order valence-corrected chi connectivity index (χ2v) is 7.98. The lowest BCUT2D eigenvalue weighted by molar-refractivity contribution is 0.102. The number of likely N-dealkylation sites (N-methyl/N-ethyl adjacent to an activating group) is 1. The van der Waals surface area contributed by atoms with E-state index in [-0.39, 0.29) is 11.7 Å². The molecule has 4 aromatic rings. The number of carbonyl (C=O) groups excluding carboxylic acids is 1. The zero-order valence-corrected chi connectivity index (χ0v) is 18.8. The number of amides is 1. The van der Waals surface area contributed by atoms with Crippen LogP contribution >= 0.6 is 11.6 Å². The maximum absolute atomic E-state index is 13.2. The number of nitrogens with one attached hydrogen (secondary N) is 1. The summed E-state index contributed by atoms with van der Waals surface area (Å²) >= 11 is 6.25. The summed E-state index contributed by atoms with van der Waals surface area (Å²) in [5.41, 5.74) is 8.71. The molecule has 0 unspecified atom stereocenters. The van der Waals surface area contributed by atoms with E-state index < -0.39 is 0 Å². The second kappa shape index (κ2) is 8.89. The summed E-state index contributed by atoms with van der Waals surface area (Å²) in [6.45, 7) is 1.42. The first-order valence-corrected chi connectivity index (χ1v) is 10.4. The average Bonchev–Trinajstić information content (AvgIpc) is 3.31. The second-order valence-electron chi connectivity index (χ2n) is 7.55. The molecule has 9 nitrogen and oxygen atoms in total. The van der Waals surface area contributed by atoms with Crippen molar-refractivity contribution in [2.24, 2.45) is 0 Å². The van der Waals surface area contributed by atoms with Crippen LogP contribution in [-0.4, -0.2) is 58.0 Å². The number of hydrogen-bond donors (Lipinski definition) is 2. The van der Waals surface area contributed by atoms with Crippen LogP contribution in [0.5, 0.6) is 5.75 Å². The van der Waals surface area contributed by atoms with E-state index >= 15 is 0 Å². The molecule has 0 fully saturated rings. The average molecular weight is 454 g/mol. The molecule has 0 radical (unpaired) electrons. The Morgan fingerprint density at radius 3 is 2.81 bits per heavy atom. The number of methoxy groups -OCH3 is 1. The topological polar surface area (TPSA) is 103 Å². The van der Waals surface area contributed by atoms with Crippen LogP contribution in [0.3, 0.4) is 0 Å². The van der Waals surface area contributed by atoms with E-state index in [2.05, 4.69) is 15.3 Å². The molecular formula is C22H24ClN7O2. The van der Waals surface area contributed by atoms with E-state index in [1.165, 1.54) is 0 Å². The summed E-state index contributed by atoms with van der Waals surface area (Å²) in [5, 5.41) is 12.4. The molecule has 10 heteroatoms. The summed E-state index contributed by atoms with van der Waals surface area (Å²) in [5.74, 6) is 0.368. The third kappa shape index (κ3) is 4.25. The minimum absolute atomic E-state index is 0.149. The van der Waals surface area contributed by atoms with Crippen molar-refractivity contribution in [2.75, 3.05) is 38.8 Å².